The number of pyridine rings is 1. The molecule has 0 aliphatic carbocycles. The molecule has 2 aromatic heterocycles. The Morgan fingerprint density at radius 3 is 2.40 bits per heavy atom. The molecule has 0 fully saturated rings. The van der Waals surface area contributed by atoms with Crippen LogP contribution in [0.5, 0.6) is 11.5 Å². The van der Waals surface area contributed by atoms with Crippen molar-refractivity contribution in [2.75, 3.05) is 14.2 Å². The maximum atomic E-state index is 12.6. The summed E-state index contributed by atoms with van der Waals surface area (Å²) in [5.74, 6) is 1.54. The molecule has 25 heavy (non-hydrogen) atoms. The molecule has 0 bridgehead atoms. The number of methoxy groups -OCH3 is 2. The van der Waals surface area contributed by atoms with Crippen molar-refractivity contribution >= 4 is 27.2 Å². The molecule has 130 valence electrons. The van der Waals surface area contributed by atoms with Crippen LogP contribution in [-0.4, -0.2) is 20.0 Å². The van der Waals surface area contributed by atoms with Gasteiger partial charge in [0.25, 0.3) is 0 Å². The maximum Gasteiger partial charge on any atom is 0.173 e. The van der Waals surface area contributed by atoms with E-state index >= 15 is 0 Å². The standard InChI is InChI=1S/C20H22NO3S/c1-4-21-9-7-14(8-10-21)5-6-16(22)20-12-15-11-17(23-2)18(24-3)13-19(15)25-20/h7-13H,4-6H2,1-3H3/q+1. The molecule has 5 heteroatoms. The predicted molar refractivity (Wildman–Crippen MR) is 99.9 cm³/mol. The summed E-state index contributed by atoms with van der Waals surface area (Å²) in [6.45, 7) is 3.06. The van der Waals surface area contributed by atoms with E-state index in [-0.39, 0.29) is 5.78 Å². The van der Waals surface area contributed by atoms with Crippen LogP contribution in [-0.2, 0) is 13.0 Å². The fourth-order valence-electron chi connectivity index (χ4n) is 2.75. The third-order valence-corrected chi connectivity index (χ3v) is 5.40. The molecule has 0 spiro atoms. The zero-order chi connectivity index (χ0) is 17.8. The first-order valence-electron chi connectivity index (χ1n) is 8.31. The van der Waals surface area contributed by atoms with Crippen molar-refractivity contribution < 1.29 is 18.8 Å². The van der Waals surface area contributed by atoms with E-state index in [0.29, 0.717) is 17.9 Å². The number of thiophene rings is 1. The topological polar surface area (TPSA) is 39.4 Å². The average molecular weight is 356 g/mol. The van der Waals surface area contributed by atoms with Crippen molar-refractivity contribution in [3.8, 4) is 11.5 Å². The molecule has 0 N–H and O–H groups in total. The molecule has 4 nitrogen and oxygen atoms in total. The fourth-order valence-corrected chi connectivity index (χ4v) is 3.79. The van der Waals surface area contributed by atoms with Crippen LogP contribution in [0, 0.1) is 0 Å². The van der Waals surface area contributed by atoms with Crippen LogP contribution >= 0.6 is 11.3 Å². The van der Waals surface area contributed by atoms with Crippen molar-refractivity contribution in [2.24, 2.45) is 0 Å². The lowest BCUT2D eigenvalue weighted by Crippen LogP contribution is -2.30. The van der Waals surface area contributed by atoms with Crippen molar-refractivity contribution in [2.45, 2.75) is 26.3 Å². The maximum absolute atomic E-state index is 12.6. The molecular weight excluding hydrogens is 334 g/mol. The quantitative estimate of drug-likeness (QED) is 0.474. The number of benzene rings is 1. The first kappa shape index (κ1) is 17.4. The Kier molecular flexibility index (Phi) is 5.34. The van der Waals surface area contributed by atoms with Crippen LogP contribution in [0.2, 0.25) is 0 Å². The monoisotopic (exact) mass is 356 g/mol. The summed E-state index contributed by atoms with van der Waals surface area (Å²) >= 11 is 1.51. The molecule has 0 aliphatic heterocycles. The van der Waals surface area contributed by atoms with Crippen molar-refractivity contribution in [1.82, 2.24) is 0 Å². The number of aryl methyl sites for hydroxylation is 2. The van der Waals surface area contributed by atoms with E-state index in [9.17, 15) is 4.79 Å². The van der Waals surface area contributed by atoms with E-state index in [4.69, 9.17) is 9.47 Å². The second kappa shape index (κ2) is 7.66. The van der Waals surface area contributed by atoms with Gasteiger partial charge in [-0.1, -0.05) is 0 Å². The number of Topliss-reactive ketones (excluding diaryl/α,β-unsaturated/α-hetero) is 1. The largest absolute Gasteiger partial charge is 0.493 e. The average Bonchev–Trinajstić information content (AvgIpc) is 3.08. The highest BCUT2D eigenvalue weighted by Gasteiger charge is 2.14. The lowest BCUT2D eigenvalue weighted by atomic mass is 10.1. The summed E-state index contributed by atoms with van der Waals surface area (Å²) in [6, 6.07) is 9.95. The van der Waals surface area contributed by atoms with Crippen LogP contribution in [0.25, 0.3) is 10.1 Å². The van der Waals surface area contributed by atoms with Gasteiger partial charge in [-0.2, -0.15) is 0 Å². The Morgan fingerprint density at radius 2 is 1.76 bits per heavy atom. The number of ether oxygens (including phenoxy) is 2. The van der Waals surface area contributed by atoms with E-state index in [0.717, 1.165) is 27.9 Å². The molecule has 0 unspecified atom stereocenters. The minimum atomic E-state index is 0.173. The zero-order valence-corrected chi connectivity index (χ0v) is 15.6. The number of aromatic nitrogens is 1. The fraction of sp³-hybridized carbons (Fsp3) is 0.300. The van der Waals surface area contributed by atoms with Gasteiger partial charge < -0.3 is 9.47 Å². The van der Waals surface area contributed by atoms with Crippen LogP contribution in [0.15, 0.2) is 42.7 Å². The number of hydrogen-bond acceptors (Lipinski definition) is 4. The van der Waals surface area contributed by atoms with Gasteiger partial charge in [0.1, 0.15) is 6.54 Å². The second-order valence-electron chi connectivity index (χ2n) is 5.82. The van der Waals surface area contributed by atoms with Gasteiger partial charge in [0, 0.05) is 29.3 Å². The molecule has 0 saturated carbocycles. The van der Waals surface area contributed by atoms with Gasteiger partial charge in [-0.15, -0.1) is 11.3 Å². The van der Waals surface area contributed by atoms with Gasteiger partial charge in [0.2, 0.25) is 0 Å². The first-order valence-corrected chi connectivity index (χ1v) is 9.13. The lowest BCUT2D eigenvalue weighted by Gasteiger charge is -2.06. The molecule has 0 radical (unpaired) electrons. The van der Waals surface area contributed by atoms with Crippen LogP contribution < -0.4 is 14.0 Å². The summed E-state index contributed by atoms with van der Waals surface area (Å²) in [6.07, 6.45) is 5.37. The summed E-state index contributed by atoms with van der Waals surface area (Å²) in [5, 5.41) is 1.01. The van der Waals surface area contributed by atoms with Crippen LogP contribution in [0.1, 0.15) is 28.6 Å². The molecular formula is C20H22NO3S+. The highest BCUT2D eigenvalue weighted by atomic mass is 32.1. The molecule has 0 aliphatic rings. The number of rotatable bonds is 7. The van der Waals surface area contributed by atoms with Gasteiger partial charge >= 0.3 is 0 Å². The smallest absolute Gasteiger partial charge is 0.173 e. The highest BCUT2D eigenvalue weighted by molar-refractivity contribution is 7.20. The molecule has 3 rings (SSSR count). The summed E-state index contributed by atoms with van der Waals surface area (Å²) in [7, 11) is 3.23. The Labute approximate surface area is 151 Å². The SMILES string of the molecule is CC[n+]1ccc(CCC(=O)c2cc3cc(OC)c(OC)cc3s2)cc1. The summed E-state index contributed by atoms with van der Waals surface area (Å²) in [4.78, 5) is 13.3. The Morgan fingerprint density at radius 1 is 1.08 bits per heavy atom. The zero-order valence-electron chi connectivity index (χ0n) is 14.7. The molecule has 2 heterocycles. The van der Waals surface area contributed by atoms with Gasteiger partial charge in [-0.25, -0.2) is 4.57 Å². The van der Waals surface area contributed by atoms with E-state index in [1.54, 1.807) is 14.2 Å². The van der Waals surface area contributed by atoms with Gasteiger partial charge in [-0.3, -0.25) is 4.79 Å². The van der Waals surface area contributed by atoms with Gasteiger partial charge in [-0.05, 0) is 36.4 Å². The number of carbonyl (C=O) groups excluding carboxylic acids is 1. The normalized spacial score (nSPS) is 10.8. The van der Waals surface area contributed by atoms with Gasteiger partial charge in [0.15, 0.2) is 29.7 Å². The summed E-state index contributed by atoms with van der Waals surface area (Å²) in [5.41, 5.74) is 1.18. The van der Waals surface area contributed by atoms with E-state index in [2.05, 4.69) is 36.0 Å². The van der Waals surface area contributed by atoms with Crippen molar-refractivity contribution in [3.63, 3.8) is 0 Å². The first-order chi connectivity index (χ1) is 12.1. The van der Waals surface area contributed by atoms with Crippen molar-refractivity contribution in [3.05, 3.63) is 53.2 Å². The highest BCUT2D eigenvalue weighted by Crippen LogP contribution is 2.36. The number of carbonyl (C=O) groups is 1. The van der Waals surface area contributed by atoms with Crippen LogP contribution in [0.3, 0.4) is 0 Å². The molecule has 0 amide bonds. The lowest BCUT2D eigenvalue weighted by molar-refractivity contribution is -0.693. The Balaban J connectivity index is 1.75. The molecule has 0 saturated heterocycles. The van der Waals surface area contributed by atoms with E-state index in [1.165, 1.54) is 16.9 Å². The minimum absolute atomic E-state index is 0.173. The molecule has 0 atom stereocenters. The predicted octanol–water partition coefficient (Wildman–Crippen LogP) is 4.04. The Bertz CT molecular complexity index is 843. The van der Waals surface area contributed by atoms with Gasteiger partial charge in [0.05, 0.1) is 19.1 Å². The minimum Gasteiger partial charge on any atom is -0.493 e. The Hall–Kier alpha value is -2.40. The van der Waals surface area contributed by atoms with Crippen molar-refractivity contribution in [1.29, 1.82) is 0 Å². The molecule has 1 aromatic carbocycles. The third kappa shape index (κ3) is 3.82. The molecule has 3 aromatic rings. The third-order valence-electron chi connectivity index (χ3n) is 4.26. The number of hydrogen-bond donors (Lipinski definition) is 0. The van der Waals surface area contributed by atoms with E-state index < -0.39 is 0 Å². The number of nitrogens with zero attached hydrogens (tertiary/aromatic N) is 1. The number of fused-ring (bicyclic) bond motifs is 1. The van der Waals surface area contributed by atoms with E-state index in [1.807, 2.05) is 18.2 Å². The number of ketones is 1. The second-order valence-corrected chi connectivity index (χ2v) is 6.90. The summed E-state index contributed by atoms with van der Waals surface area (Å²) < 4.78 is 13.8. The van der Waals surface area contributed by atoms with Crippen LogP contribution in [0.4, 0.5) is 0 Å².